The van der Waals surface area contributed by atoms with E-state index in [1.807, 2.05) is 18.9 Å². The van der Waals surface area contributed by atoms with Crippen LogP contribution in [-0.4, -0.2) is 73.7 Å². The van der Waals surface area contributed by atoms with Crippen LogP contribution in [0.4, 0.5) is 0 Å². The van der Waals surface area contributed by atoms with E-state index in [4.69, 9.17) is 11.6 Å². The Kier molecular flexibility index (Phi) is 7.02. The summed E-state index contributed by atoms with van der Waals surface area (Å²) in [6.45, 7) is 3.81. The zero-order valence-electron chi connectivity index (χ0n) is 16.7. The lowest BCUT2D eigenvalue weighted by atomic mass is 9.94. The Morgan fingerprint density at radius 1 is 1.07 bits per heavy atom. The summed E-state index contributed by atoms with van der Waals surface area (Å²) < 4.78 is 27.1. The lowest BCUT2D eigenvalue weighted by Gasteiger charge is -2.39. The highest BCUT2D eigenvalue weighted by molar-refractivity contribution is 7.89. The molecule has 0 spiro atoms. The van der Waals surface area contributed by atoms with Crippen LogP contribution in [-0.2, 0) is 14.8 Å². The highest BCUT2D eigenvalue weighted by atomic mass is 35.5. The molecule has 6 nitrogen and oxygen atoms in total. The molecule has 2 aliphatic rings. The Hall–Kier alpha value is -1.15. The molecule has 1 aliphatic heterocycles. The Bertz CT molecular complexity index is 770. The van der Waals surface area contributed by atoms with Gasteiger partial charge in [0.1, 0.15) is 0 Å². The van der Waals surface area contributed by atoms with E-state index in [0.29, 0.717) is 37.2 Å². The number of carbonyl (C=O) groups excluding carboxylic acids is 1. The molecule has 156 valence electrons. The van der Waals surface area contributed by atoms with Gasteiger partial charge in [-0.25, -0.2) is 8.42 Å². The molecule has 0 aromatic heterocycles. The van der Waals surface area contributed by atoms with Gasteiger partial charge < -0.3 is 4.90 Å². The van der Waals surface area contributed by atoms with Crippen molar-refractivity contribution in [3.05, 3.63) is 29.3 Å². The smallest absolute Gasteiger partial charge is 0.243 e. The van der Waals surface area contributed by atoms with E-state index < -0.39 is 10.0 Å². The number of rotatable bonds is 5. The molecule has 0 bridgehead atoms. The van der Waals surface area contributed by atoms with Crippen LogP contribution in [0.5, 0.6) is 0 Å². The molecule has 1 heterocycles. The lowest BCUT2D eigenvalue weighted by Crippen LogP contribution is -2.56. The van der Waals surface area contributed by atoms with Crippen LogP contribution < -0.4 is 0 Å². The molecule has 28 heavy (non-hydrogen) atoms. The largest absolute Gasteiger partial charge is 0.341 e. The predicted octanol–water partition coefficient (Wildman–Crippen LogP) is 2.83. The van der Waals surface area contributed by atoms with Crippen LogP contribution in [0.15, 0.2) is 29.2 Å². The Balaban J connectivity index is 1.58. The maximum atomic E-state index is 12.9. The van der Waals surface area contributed by atoms with E-state index in [2.05, 4.69) is 4.90 Å². The van der Waals surface area contributed by atoms with Crippen molar-refractivity contribution in [2.75, 3.05) is 33.2 Å². The van der Waals surface area contributed by atoms with E-state index in [-0.39, 0.29) is 16.8 Å². The molecule has 1 aromatic rings. The fraction of sp³-hybridized carbons (Fsp3) is 0.650. The molecule has 8 heteroatoms. The van der Waals surface area contributed by atoms with Gasteiger partial charge >= 0.3 is 0 Å². The fourth-order valence-electron chi connectivity index (χ4n) is 4.19. The van der Waals surface area contributed by atoms with Crippen LogP contribution >= 0.6 is 11.6 Å². The first kappa shape index (κ1) is 21.6. The first-order chi connectivity index (χ1) is 13.3. The third kappa shape index (κ3) is 4.70. The number of nitrogens with zero attached hydrogens (tertiary/aromatic N) is 3. The van der Waals surface area contributed by atoms with Crippen molar-refractivity contribution < 1.29 is 13.2 Å². The highest BCUT2D eigenvalue weighted by Gasteiger charge is 2.34. The van der Waals surface area contributed by atoms with E-state index in [9.17, 15) is 13.2 Å². The maximum absolute atomic E-state index is 12.9. The fourth-order valence-corrected chi connectivity index (χ4v) is 5.73. The van der Waals surface area contributed by atoms with Crippen LogP contribution in [0.2, 0.25) is 5.02 Å². The molecule has 2 fully saturated rings. The summed E-state index contributed by atoms with van der Waals surface area (Å²) in [6, 6.07) is 6.37. The Morgan fingerprint density at radius 3 is 2.21 bits per heavy atom. The molecule has 1 saturated carbocycles. The number of likely N-dealkylation sites (N-methyl/N-ethyl adjacent to an activating group) is 1. The minimum atomic E-state index is -3.53. The lowest BCUT2D eigenvalue weighted by molar-refractivity contribution is -0.138. The molecular weight excluding hydrogens is 398 g/mol. The van der Waals surface area contributed by atoms with Crippen LogP contribution in [0.3, 0.4) is 0 Å². The van der Waals surface area contributed by atoms with Crippen molar-refractivity contribution in [3.8, 4) is 0 Å². The standard InChI is InChI=1S/C20H30ClN3O3S/c1-16(20(25)22(2)18-6-4-3-5-7-18)23-12-14-24(15-13-23)28(26,27)19-10-8-17(21)9-11-19/h8-11,16,18H,3-7,12-15H2,1-2H3/t16-/m0/s1. The number of sulfonamides is 1. The second-order valence-electron chi connectivity index (χ2n) is 7.81. The van der Waals surface area contributed by atoms with Crippen molar-refractivity contribution in [1.82, 2.24) is 14.1 Å². The summed E-state index contributed by atoms with van der Waals surface area (Å²) in [5.41, 5.74) is 0. The summed E-state index contributed by atoms with van der Waals surface area (Å²) >= 11 is 5.86. The number of amides is 1. The SMILES string of the molecule is C[C@@H](C(=O)N(C)C1CCCCC1)N1CCN(S(=O)(=O)c2ccc(Cl)cc2)CC1. The average molecular weight is 428 g/mol. The molecule has 0 unspecified atom stereocenters. The summed E-state index contributed by atoms with van der Waals surface area (Å²) in [5.74, 6) is 0.140. The van der Waals surface area contributed by atoms with Crippen molar-refractivity contribution in [3.63, 3.8) is 0 Å². The summed E-state index contributed by atoms with van der Waals surface area (Å²) in [7, 11) is -1.62. The second-order valence-corrected chi connectivity index (χ2v) is 10.2. The van der Waals surface area contributed by atoms with Gasteiger partial charge in [-0.15, -0.1) is 0 Å². The molecule has 1 atom stereocenters. The van der Waals surface area contributed by atoms with Gasteiger partial charge in [0.05, 0.1) is 10.9 Å². The zero-order chi connectivity index (χ0) is 20.3. The van der Waals surface area contributed by atoms with E-state index in [0.717, 1.165) is 12.8 Å². The minimum Gasteiger partial charge on any atom is -0.341 e. The van der Waals surface area contributed by atoms with Gasteiger partial charge in [0, 0.05) is 44.3 Å². The van der Waals surface area contributed by atoms with Crippen LogP contribution in [0.1, 0.15) is 39.0 Å². The average Bonchev–Trinajstić information content (AvgIpc) is 2.73. The topological polar surface area (TPSA) is 60.9 Å². The van der Waals surface area contributed by atoms with Crippen molar-refractivity contribution in [2.24, 2.45) is 0 Å². The highest BCUT2D eigenvalue weighted by Crippen LogP contribution is 2.24. The van der Waals surface area contributed by atoms with Gasteiger partial charge in [-0.2, -0.15) is 4.31 Å². The maximum Gasteiger partial charge on any atom is 0.243 e. The van der Waals surface area contributed by atoms with E-state index >= 15 is 0 Å². The first-order valence-electron chi connectivity index (χ1n) is 10.1. The third-order valence-electron chi connectivity index (χ3n) is 6.10. The van der Waals surface area contributed by atoms with Crippen molar-refractivity contribution in [2.45, 2.75) is 56.0 Å². The van der Waals surface area contributed by atoms with Crippen LogP contribution in [0, 0.1) is 0 Å². The molecule has 0 N–H and O–H groups in total. The minimum absolute atomic E-state index is 0.140. The summed E-state index contributed by atoms with van der Waals surface area (Å²) in [6.07, 6.45) is 5.82. The molecular formula is C20H30ClN3O3S. The normalized spacial score (nSPS) is 21.4. The molecule has 1 aliphatic carbocycles. The van der Waals surface area contributed by atoms with Gasteiger partial charge in [-0.05, 0) is 44.0 Å². The first-order valence-corrected chi connectivity index (χ1v) is 11.9. The molecule has 1 amide bonds. The molecule has 3 rings (SSSR count). The number of piperazine rings is 1. The van der Waals surface area contributed by atoms with E-state index in [1.54, 1.807) is 12.1 Å². The molecule has 1 saturated heterocycles. The predicted molar refractivity (Wildman–Crippen MR) is 111 cm³/mol. The third-order valence-corrected chi connectivity index (χ3v) is 8.26. The van der Waals surface area contributed by atoms with Crippen molar-refractivity contribution >= 4 is 27.5 Å². The van der Waals surface area contributed by atoms with Gasteiger partial charge in [0.15, 0.2) is 0 Å². The van der Waals surface area contributed by atoms with Crippen LogP contribution in [0.25, 0.3) is 0 Å². The quantitative estimate of drug-likeness (QED) is 0.724. The Labute approximate surface area is 173 Å². The van der Waals surface area contributed by atoms with Gasteiger partial charge in [0.2, 0.25) is 15.9 Å². The molecule has 0 radical (unpaired) electrons. The zero-order valence-corrected chi connectivity index (χ0v) is 18.3. The summed E-state index contributed by atoms with van der Waals surface area (Å²) in [4.78, 5) is 17.2. The monoisotopic (exact) mass is 427 g/mol. The van der Waals surface area contributed by atoms with Gasteiger partial charge in [-0.3, -0.25) is 9.69 Å². The van der Waals surface area contributed by atoms with Gasteiger partial charge in [-0.1, -0.05) is 30.9 Å². The number of hydrogen-bond donors (Lipinski definition) is 0. The Morgan fingerprint density at radius 2 is 1.64 bits per heavy atom. The number of benzene rings is 1. The van der Waals surface area contributed by atoms with Gasteiger partial charge in [0.25, 0.3) is 0 Å². The number of halogens is 1. The number of carbonyl (C=O) groups is 1. The second kappa shape index (κ2) is 9.11. The molecule has 1 aromatic carbocycles. The van der Waals surface area contributed by atoms with Crippen molar-refractivity contribution in [1.29, 1.82) is 0 Å². The summed E-state index contributed by atoms with van der Waals surface area (Å²) in [5, 5.41) is 0.512. The number of hydrogen-bond acceptors (Lipinski definition) is 4. The van der Waals surface area contributed by atoms with E-state index in [1.165, 1.54) is 35.7 Å².